The molecule has 4 rings (SSSR count). The lowest BCUT2D eigenvalue weighted by Crippen LogP contribution is -2.44. The Hall–Kier alpha value is -3.12. The molecule has 2 aromatic carbocycles. The fraction of sp³-hybridized carbons (Fsp3) is 0.273. The van der Waals surface area contributed by atoms with E-state index in [1.165, 1.54) is 6.08 Å². The van der Waals surface area contributed by atoms with E-state index in [1.807, 2.05) is 26.0 Å². The zero-order valence-electron chi connectivity index (χ0n) is 15.7. The molecule has 0 aliphatic carbocycles. The number of carbonyl (C=O) groups excluding carboxylic acids is 2. The summed E-state index contributed by atoms with van der Waals surface area (Å²) in [6, 6.07) is 12.3. The van der Waals surface area contributed by atoms with E-state index in [9.17, 15) is 14.7 Å². The monoisotopic (exact) mass is 379 g/mol. The van der Waals surface area contributed by atoms with Gasteiger partial charge in [0.2, 0.25) is 6.79 Å². The summed E-state index contributed by atoms with van der Waals surface area (Å²) in [6.45, 7) is 3.94. The minimum absolute atomic E-state index is 0.123. The van der Waals surface area contributed by atoms with Crippen molar-refractivity contribution in [3.8, 4) is 11.5 Å². The van der Waals surface area contributed by atoms with Gasteiger partial charge in [-0.15, -0.1) is 0 Å². The summed E-state index contributed by atoms with van der Waals surface area (Å²) in [7, 11) is 0. The lowest BCUT2D eigenvalue weighted by Gasteiger charge is -2.25. The number of anilines is 1. The second kappa shape index (κ2) is 6.80. The number of nitrogens with zero attached hydrogens (tertiary/aromatic N) is 1. The fourth-order valence-corrected chi connectivity index (χ4v) is 3.66. The quantitative estimate of drug-likeness (QED) is 0.808. The Labute approximate surface area is 163 Å². The molecule has 0 saturated carbocycles. The number of rotatable bonds is 5. The van der Waals surface area contributed by atoms with Crippen molar-refractivity contribution in [3.63, 3.8) is 0 Å². The Kier molecular flexibility index (Phi) is 4.43. The van der Waals surface area contributed by atoms with E-state index in [-0.39, 0.29) is 25.0 Å². The predicted octanol–water partition coefficient (Wildman–Crippen LogP) is 3.03. The van der Waals surface area contributed by atoms with Crippen molar-refractivity contribution in [1.82, 2.24) is 0 Å². The Balaban J connectivity index is 1.56. The van der Waals surface area contributed by atoms with Crippen LogP contribution in [0.3, 0.4) is 0 Å². The summed E-state index contributed by atoms with van der Waals surface area (Å²) >= 11 is 0. The molecular formula is C22H21NO5. The van der Waals surface area contributed by atoms with Crippen LogP contribution in [0.25, 0.3) is 6.08 Å². The molecule has 0 saturated heterocycles. The third kappa shape index (κ3) is 2.96. The SMILES string of the molecule is CC(C)N1C(=O)[C@](O)(CC(=O)/C=C\c2ccc3c(c2)OCO3)c2ccccc21. The molecule has 0 radical (unpaired) electrons. The first-order valence-corrected chi connectivity index (χ1v) is 9.16. The summed E-state index contributed by atoms with van der Waals surface area (Å²) in [5.74, 6) is 0.489. The molecular weight excluding hydrogens is 358 g/mol. The van der Waals surface area contributed by atoms with Crippen molar-refractivity contribution >= 4 is 23.5 Å². The van der Waals surface area contributed by atoms with Gasteiger partial charge in [-0.3, -0.25) is 9.59 Å². The first-order chi connectivity index (χ1) is 13.4. The largest absolute Gasteiger partial charge is 0.454 e. The first-order valence-electron chi connectivity index (χ1n) is 9.16. The van der Waals surface area contributed by atoms with E-state index >= 15 is 0 Å². The van der Waals surface area contributed by atoms with Crippen LogP contribution in [0.2, 0.25) is 0 Å². The first kappa shape index (κ1) is 18.3. The van der Waals surface area contributed by atoms with Crippen LogP contribution >= 0.6 is 0 Å². The van der Waals surface area contributed by atoms with Crippen molar-refractivity contribution in [2.75, 3.05) is 11.7 Å². The number of hydrogen-bond acceptors (Lipinski definition) is 5. The van der Waals surface area contributed by atoms with Crippen LogP contribution in [0.5, 0.6) is 11.5 Å². The highest BCUT2D eigenvalue weighted by molar-refractivity contribution is 6.10. The predicted molar refractivity (Wildman–Crippen MR) is 104 cm³/mol. The van der Waals surface area contributed by atoms with Gasteiger partial charge in [0.25, 0.3) is 5.91 Å². The van der Waals surface area contributed by atoms with Gasteiger partial charge in [-0.25, -0.2) is 0 Å². The van der Waals surface area contributed by atoms with Crippen molar-refractivity contribution in [2.45, 2.75) is 31.9 Å². The summed E-state index contributed by atoms with van der Waals surface area (Å²) in [4.78, 5) is 27.0. The molecule has 2 aromatic rings. The maximum atomic E-state index is 12.9. The molecule has 1 N–H and O–H groups in total. The average Bonchev–Trinajstić information content (AvgIpc) is 3.21. The van der Waals surface area contributed by atoms with E-state index in [0.29, 0.717) is 22.7 Å². The van der Waals surface area contributed by atoms with Gasteiger partial charge in [0.15, 0.2) is 22.9 Å². The number of aliphatic hydroxyl groups is 1. The Morgan fingerprint density at radius 3 is 2.75 bits per heavy atom. The smallest absolute Gasteiger partial charge is 0.264 e. The molecule has 28 heavy (non-hydrogen) atoms. The van der Waals surface area contributed by atoms with Crippen LogP contribution in [0.15, 0.2) is 48.5 Å². The molecule has 0 spiro atoms. The second-order valence-electron chi connectivity index (χ2n) is 7.24. The number of amides is 1. The van der Waals surface area contributed by atoms with Crippen molar-refractivity contribution in [1.29, 1.82) is 0 Å². The summed E-state index contributed by atoms with van der Waals surface area (Å²) in [5.41, 5.74) is 0.0413. The molecule has 1 amide bonds. The maximum absolute atomic E-state index is 12.9. The van der Waals surface area contributed by atoms with Gasteiger partial charge in [-0.1, -0.05) is 30.3 Å². The van der Waals surface area contributed by atoms with E-state index in [1.54, 1.807) is 41.3 Å². The van der Waals surface area contributed by atoms with E-state index < -0.39 is 11.5 Å². The van der Waals surface area contributed by atoms with Gasteiger partial charge >= 0.3 is 0 Å². The number of ether oxygens (including phenoxy) is 2. The van der Waals surface area contributed by atoms with Crippen molar-refractivity contribution in [2.24, 2.45) is 0 Å². The third-order valence-corrected chi connectivity index (χ3v) is 4.99. The third-order valence-electron chi connectivity index (χ3n) is 4.99. The van der Waals surface area contributed by atoms with Gasteiger partial charge in [0.05, 0.1) is 12.1 Å². The van der Waals surface area contributed by atoms with Crippen LogP contribution < -0.4 is 14.4 Å². The summed E-state index contributed by atoms with van der Waals surface area (Å²) < 4.78 is 10.6. The Morgan fingerprint density at radius 2 is 1.96 bits per heavy atom. The van der Waals surface area contributed by atoms with Crippen LogP contribution in [0, 0.1) is 0 Å². The lowest BCUT2D eigenvalue weighted by molar-refractivity contribution is -0.140. The Morgan fingerprint density at radius 1 is 1.21 bits per heavy atom. The highest BCUT2D eigenvalue weighted by Gasteiger charge is 2.51. The standard InChI is InChI=1S/C22H21NO5/c1-14(2)23-18-6-4-3-5-17(18)22(26,21(23)25)12-16(24)9-7-15-8-10-19-20(11-15)28-13-27-19/h3-11,14,26H,12-13H2,1-2H3/b9-7-/t22-/m0/s1. The summed E-state index contributed by atoms with van der Waals surface area (Å²) in [5, 5.41) is 11.1. The Bertz CT molecular complexity index is 981. The highest BCUT2D eigenvalue weighted by Crippen LogP contribution is 2.43. The molecule has 2 aliphatic rings. The number of para-hydroxylation sites is 1. The molecule has 2 heterocycles. The number of fused-ring (bicyclic) bond motifs is 2. The van der Waals surface area contributed by atoms with Gasteiger partial charge in [0, 0.05) is 11.6 Å². The minimum atomic E-state index is -1.85. The topological polar surface area (TPSA) is 76.1 Å². The van der Waals surface area contributed by atoms with E-state index in [0.717, 1.165) is 5.56 Å². The maximum Gasteiger partial charge on any atom is 0.264 e. The molecule has 144 valence electrons. The van der Waals surface area contributed by atoms with Gasteiger partial charge in [-0.05, 0) is 43.7 Å². The average molecular weight is 379 g/mol. The van der Waals surface area contributed by atoms with Gasteiger partial charge < -0.3 is 19.5 Å². The van der Waals surface area contributed by atoms with Crippen LogP contribution in [0.1, 0.15) is 31.4 Å². The fourth-order valence-electron chi connectivity index (χ4n) is 3.66. The number of allylic oxidation sites excluding steroid dienone is 1. The zero-order chi connectivity index (χ0) is 19.9. The number of ketones is 1. The molecule has 6 heteroatoms. The highest BCUT2D eigenvalue weighted by atomic mass is 16.7. The van der Waals surface area contributed by atoms with E-state index in [2.05, 4.69) is 0 Å². The van der Waals surface area contributed by atoms with Crippen LogP contribution in [-0.2, 0) is 15.2 Å². The summed E-state index contributed by atoms with van der Waals surface area (Å²) in [6.07, 6.45) is 2.70. The van der Waals surface area contributed by atoms with Crippen LogP contribution in [0.4, 0.5) is 5.69 Å². The van der Waals surface area contributed by atoms with Gasteiger partial charge in [-0.2, -0.15) is 0 Å². The number of carbonyl (C=O) groups is 2. The molecule has 0 aromatic heterocycles. The molecule has 0 bridgehead atoms. The lowest BCUT2D eigenvalue weighted by atomic mass is 9.89. The van der Waals surface area contributed by atoms with E-state index in [4.69, 9.17) is 9.47 Å². The van der Waals surface area contributed by atoms with Gasteiger partial charge in [0.1, 0.15) is 0 Å². The van der Waals surface area contributed by atoms with Crippen LogP contribution in [-0.4, -0.2) is 29.6 Å². The minimum Gasteiger partial charge on any atom is -0.454 e. The molecule has 0 fully saturated rings. The molecule has 0 unspecified atom stereocenters. The molecule has 6 nitrogen and oxygen atoms in total. The van der Waals surface area contributed by atoms with Crippen molar-refractivity contribution in [3.05, 3.63) is 59.7 Å². The normalized spacial score (nSPS) is 20.3. The zero-order valence-corrected chi connectivity index (χ0v) is 15.7. The molecule has 1 atom stereocenters. The van der Waals surface area contributed by atoms with Crippen molar-refractivity contribution < 1.29 is 24.2 Å². The molecule has 2 aliphatic heterocycles. The second-order valence-corrected chi connectivity index (χ2v) is 7.24. The number of benzene rings is 2. The number of hydrogen-bond donors (Lipinski definition) is 1.